The highest BCUT2D eigenvalue weighted by Gasteiger charge is 2.18. The van der Waals surface area contributed by atoms with Crippen LogP contribution in [0.1, 0.15) is 19.3 Å². The number of aliphatic carboxylic acids is 1. The Labute approximate surface area is 105 Å². The van der Waals surface area contributed by atoms with Gasteiger partial charge in [-0.1, -0.05) is 0 Å². The van der Waals surface area contributed by atoms with Crippen molar-refractivity contribution in [3.8, 4) is 0 Å². The van der Waals surface area contributed by atoms with Gasteiger partial charge in [-0.15, -0.1) is 0 Å². The van der Waals surface area contributed by atoms with E-state index in [4.69, 9.17) is 15.9 Å². The number of H-pyrrole nitrogens is 1. The molecule has 1 rings (SSSR count). The van der Waals surface area contributed by atoms with Crippen LogP contribution in [0.15, 0.2) is 24.5 Å². The summed E-state index contributed by atoms with van der Waals surface area (Å²) < 4.78 is 0. The van der Waals surface area contributed by atoms with Crippen molar-refractivity contribution in [1.29, 1.82) is 0 Å². The van der Waals surface area contributed by atoms with Gasteiger partial charge in [0.2, 0.25) is 0 Å². The molecule has 0 radical (unpaired) electrons. The van der Waals surface area contributed by atoms with Crippen LogP contribution < -0.4 is 11.1 Å². The molecule has 1 aromatic rings. The predicted octanol–water partition coefficient (Wildman–Crippen LogP) is 0.851. The maximum absolute atomic E-state index is 10.5. The number of aromatic nitrogens is 1. The summed E-state index contributed by atoms with van der Waals surface area (Å²) in [5.74, 6) is -1.15. The number of hydrogen-bond acceptors (Lipinski definition) is 3. The molecule has 1 unspecified atom stereocenters. The molecule has 18 heavy (non-hydrogen) atoms. The van der Waals surface area contributed by atoms with E-state index in [0.29, 0.717) is 19.4 Å². The van der Waals surface area contributed by atoms with E-state index in [2.05, 4.69) is 4.98 Å². The molecule has 0 saturated carbocycles. The maximum Gasteiger partial charge on any atom is 0.405 e. The van der Waals surface area contributed by atoms with E-state index in [9.17, 15) is 9.59 Å². The normalized spacial score (nSPS) is 10.9. The van der Waals surface area contributed by atoms with Crippen LogP contribution in [-0.2, 0) is 4.79 Å². The third-order valence-corrected chi connectivity index (χ3v) is 2.04. The SMILES string of the molecule is NCCCCC(NC(=O)O)C(=O)O.c1cc[nH]c1. The predicted molar refractivity (Wildman–Crippen MR) is 66.3 cm³/mol. The lowest BCUT2D eigenvalue weighted by Gasteiger charge is -2.10. The number of unbranched alkanes of at least 4 members (excludes halogenated alkanes) is 1. The average Bonchev–Trinajstić information content (AvgIpc) is 2.86. The minimum atomic E-state index is -1.32. The Kier molecular flexibility index (Phi) is 9.01. The molecule has 0 spiro atoms. The number of aromatic amines is 1. The van der Waals surface area contributed by atoms with Crippen molar-refractivity contribution in [1.82, 2.24) is 10.3 Å². The van der Waals surface area contributed by atoms with Gasteiger partial charge in [-0.25, -0.2) is 9.59 Å². The minimum Gasteiger partial charge on any atom is -0.480 e. The van der Waals surface area contributed by atoms with Crippen LogP contribution in [0, 0.1) is 0 Å². The molecule has 0 aliphatic carbocycles. The highest BCUT2D eigenvalue weighted by molar-refractivity contribution is 5.78. The molecule has 1 atom stereocenters. The maximum atomic E-state index is 10.5. The lowest BCUT2D eigenvalue weighted by atomic mass is 10.1. The van der Waals surface area contributed by atoms with E-state index in [1.54, 1.807) is 0 Å². The van der Waals surface area contributed by atoms with Crippen molar-refractivity contribution in [2.24, 2.45) is 5.73 Å². The van der Waals surface area contributed by atoms with Gasteiger partial charge in [0.25, 0.3) is 0 Å². The Morgan fingerprint density at radius 1 is 1.22 bits per heavy atom. The van der Waals surface area contributed by atoms with Crippen molar-refractivity contribution in [2.75, 3.05) is 6.54 Å². The first-order valence-electron chi connectivity index (χ1n) is 5.58. The van der Waals surface area contributed by atoms with E-state index >= 15 is 0 Å². The second kappa shape index (κ2) is 10.2. The molecule has 6 N–H and O–H groups in total. The first kappa shape index (κ1) is 16.0. The first-order valence-corrected chi connectivity index (χ1v) is 5.58. The highest BCUT2D eigenvalue weighted by Crippen LogP contribution is 2.00. The molecule has 7 heteroatoms. The highest BCUT2D eigenvalue weighted by atomic mass is 16.4. The van der Waals surface area contributed by atoms with Gasteiger partial charge in [-0.3, -0.25) is 0 Å². The van der Waals surface area contributed by atoms with Crippen LogP contribution in [-0.4, -0.2) is 39.8 Å². The average molecular weight is 257 g/mol. The summed E-state index contributed by atoms with van der Waals surface area (Å²) in [6, 6.07) is 2.86. The van der Waals surface area contributed by atoms with Gasteiger partial charge >= 0.3 is 12.1 Å². The molecule has 102 valence electrons. The molecule has 7 nitrogen and oxygen atoms in total. The zero-order valence-electron chi connectivity index (χ0n) is 10.0. The number of hydrogen-bond donors (Lipinski definition) is 5. The topological polar surface area (TPSA) is 128 Å². The second-order valence-electron chi connectivity index (χ2n) is 3.51. The standard InChI is InChI=1S/C7H14N2O4.C4H5N/c8-4-2-1-3-5(6(10)11)9-7(12)13;1-2-4-5-3-1/h5,9H,1-4,8H2,(H,10,11)(H,12,13);1-5H. The van der Waals surface area contributed by atoms with E-state index < -0.39 is 18.1 Å². The molecule has 0 bridgehead atoms. The molecule has 0 aliphatic heterocycles. The zero-order valence-corrected chi connectivity index (χ0v) is 10.0. The monoisotopic (exact) mass is 257 g/mol. The van der Waals surface area contributed by atoms with Gasteiger partial charge in [0.15, 0.2) is 0 Å². The van der Waals surface area contributed by atoms with E-state index in [1.165, 1.54) is 0 Å². The quantitative estimate of drug-likeness (QED) is 0.482. The molecule has 1 aromatic heterocycles. The van der Waals surface area contributed by atoms with Crippen molar-refractivity contribution in [3.63, 3.8) is 0 Å². The van der Waals surface area contributed by atoms with E-state index in [0.717, 1.165) is 0 Å². The van der Waals surface area contributed by atoms with Crippen molar-refractivity contribution >= 4 is 12.1 Å². The van der Waals surface area contributed by atoms with Crippen LogP contribution in [0.2, 0.25) is 0 Å². The third kappa shape index (κ3) is 9.22. The molecule has 1 amide bonds. The summed E-state index contributed by atoms with van der Waals surface area (Å²) in [6.07, 6.45) is 4.01. The van der Waals surface area contributed by atoms with Gasteiger partial charge in [-0.05, 0) is 37.9 Å². The van der Waals surface area contributed by atoms with Crippen molar-refractivity contribution in [3.05, 3.63) is 24.5 Å². The van der Waals surface area contributed by atoms with Gasteiger partial charge in [0.05, 0.1) is 0 Å². The molecular formula is C11H19N3O4. The number of nitrogens with one attached hydrogen (secondary N) is 2. The van der Waals surface area contributed by atoms with Crippen molar-refractivity contribution < 1.29 is 19.8 Å². The van der Waals surface area contributed by atoms with Crippen molar-refractivity contribution in [2.45, 2.75) is 25.3 Å². The Morgan fingerprint density at radius 2 is 1.83 bits per heavy atom. The molecule has 0 aliphatic rings. The van der Waals surface area contributed by atoms with Gasteiger partial charge in [0.1, 0.15) is 6.04 Å². The number of carbonyl (C=O) groups is 2. The minimum absolute atomic E-state index is 0.277. The number of nitrogens with two attached hydrogens (primary N) is 1. The van der Waals surface area contributed by atoms with Crippen LogP contribution in [0.25, 0.3) is 0 Å². The summed E-state index contributed by atoms with van der Waals surface area (Å²) in [6.45, 7) is 0.486. The van der Waals surface area contributed by atoms with Crippen LogP contribution in [0.3, 0.4) is 0 Å². The smallest absolute Gasteiger partial charge is 0.405 e. The fourth-order valence-corrected chi connectivity index (χ4v) is 1.18. The number of rotatable bonds is 6. The Bertz CT molecular complexity index is 310. The summed E-state index contributed by atoms with van der Waals surface area (Å²) in [4.78, 5) is 23.5. The summed E-state index contributed by atoms with van der Waals surface area (Å²) in [5, 5.41) is 18.8. The van der Waals surface area contributed by atoms with Gasteiger partial charge < -0.3 is 26.2 Å². The Hall–Kier alpha value is -2.02. The lowest BCUT2D eigenvalue weighted by molar-refractivity contribution is -0.139. The Morgan fingerprint density at radius 3 is 2.17 bits per heavy atom. The summed E-state index contributed by atoms with van der Waals surface area (Å²) in [5.41, 5.74) is 5.21. The summed E-state index contributed by atoms with van der Waals surface area (Å²) >= 11 is 0. The second-order valence-corrected chi connectivity index (χ2v) is 3.51. The lowest BCUT2D eigenvalue weighted by Crippen LogP contribution is -2.39. The van der Waals surface area contributed by atoms with Gasteiger partial charge in [-0.2, -0.15) is 0 Å². The van der Waals surface area contributed by atoms with Gasteiger partial charge in [0, 0.05) is 12.4 Å². The van der Waals surface area contributed by atoms with E-state index in [-0.39, 0.29) is 6.42 Å². The van der Waals surface area contributed by atoms with Crippen LogP contribution in [0.4, 0.5) is 4.79 Å². The zero-order chi connectivity index (χ0) is 13.8. The number of amides is 1. The van der Waals surface area contributed by atoms with Crippen LogP contribution in [0.5, 0.6) is 0 Å². The fraction of sp³-hybridized carbons (Fsp3) is 0.455. The molecular weight excluding hydrogens is 238 g/mol. The molecule has 1 heterocycles. The summed E-state index contributed by atoms with van der Waals surface area (Å²) in [7, 11) is 0. The molecule has 0 saturated heterocycles. The first-order chi connectivity index (χ1) is 8.57. The Balaban J connectivity index is 0.000000473. The number of carboxylic acid groups (broad SMARTS) is 2. The van der Waals surface area contributed by atoms with E-state index in [1.807, 2.05) is 29.8 Å². The number of carboxylic acids is 1. The largest absolute Gasteiger partial charge is 0.480 e. The third-order valence-electron chi connectivity index (χ3n) is 2.04. The van der Waals surface area contributed by atoms with Crippen LogP contribution >= 0.6 is 0 Å². The fourth-order valence-electron chi connectivity index (χ4n) is 1.18. The molecule has 0 aromatic carbocycles. The molecule has 0 fully saturated rings.